The number of aromatic nitrogens is 1. The number of thiazole rings is 1. The Morgan fingerprint density at radius 3 is 2.95 bits per heavy atom. The molecule has 2 aromatic rings. The first kappa shape index (κ1) is 15.3. The lowest BCUT2D eigenvalue weighted by atomic mass is 10.3. The van der Waals surface area contributed by atoms with E-state index >= 15 is 0 Å². The molecule has 0 atom stereocenters. The van der Waals surface area contributed by atoms with Crippen molar-refractivity contribution in [2.75, 3.05) is 12.4 Å². The average Bonchev–Trinajstić information content (AvgIpc) is 3.21. The van der Waals surface area contributed by atoms with E-state index in [1.807, 2.05) is 24.3 Å². The zero-order chi connectivity index (χ0) is 15.4. The largest absolute Gasteiger partial charge is 0.456 e. The smallest absolute Gasteiger partial charge is 0.307 e. The fraction of sp³-hybridized carbons (Fsp3) is 0.400. The van der Waals surface area contributed by atoms with Crippen LogP contribution in [0.3, 0.4) is 0 Å². The number of hydrogen-bond acceptors (Lipinski definition) is 6. The molecule has 1 aliphatic carbocycles. The molecule has 0 spiro atoms. The second kappa shape index (κ2) is 7.11. The fourth-order valence-corrected chi connectivity index (χ4v) is 3.91. The van der Waals surface area contributed by atoms with Crippen molar-refractivity contribution in [2.24, 2.45) is 0 Å². The number of thioether (sulfide) groups is 1. The molecule has 0 bridgehead atoms. The molecule has 1 fully saturated rings. The molecule has 0 aliphatic heterocycles. The molecule has 3 rings (SSSR count). The Labute approximate surface area is 136 Å². The van der Waals surface area contributed by atoms with Crippen LogP contribution in [0.5, 0.6) is 0 Å². The average molecular weight is 336 g/mol. The van der Waals surface area contributed by atoms with Crippen molar-refractivity contribution in [3.63, 3.8) is 0 Å². The van der Waals surface area contributed by atoms with E-state index in [-0.39, 0.29) is 24.9 Å². The van der Waals surface area contributed by atoms with Crippen molar-refractivity contribution in [3.05, 3.63) is 24.3 Å². The first-order chi connectivity index (χ1) is 10.7. The number of rotatable bonds is 7. The Morgan fingerprint density at radius 2 is 2.18 bits per heavy atom. The molecule has 1 aromatic heterocycles. The van der Waals surface area contributed by atoms with Gasteiger partial charge in [-0.2, -0.15) is 0 Å². The first-order valence-corrected chi connectivity index (χ1v) is 8.94. The minimum absolute atomic E-state index is 0.179. The number of para-hydroxylation sites is 1. The summed E-state index contributed by atoms with van der Waals surface area (Å²) in [7, 11) is 0. The van der Waals surface area contributed by atoms with Crippen LogP contribution in [0.25, 0.3) is 10.2 Å². The van der Waals surface area contributed by atoms with Crippen LogP contribution in [0.2, 0.25) is 0 Å². The number of hydrogen-bond donors (Lipinski definition) is 1. The van der Waals surface area contributed by atoms with E-state index in [9.17, 15) is 9.59 Å². The SMILES string of the molecule is O=C(COC(=O)CCSc1nc2ccccc2s1)NC1CC1. The van der Waals surface area contributed by atoms with E-state index in [2.05, 4.69) is 10.3 Å². The van der Waals surface area contributed by atoms with Gasteiger partial charge in [0.2, 0.25) is 0 Å². The zero-order valence-electron chi connectivity index (χ0n) is 11.9. The third-order valence-corrected chi connectivity index (χ3v) is 5.29. The quantitative estimate of drug-likeness (QED) is 0.622. The van der Waals surface area contributed by atoms with Gasteiger partial charge in [-0.15, -0.1) is 11.3 Å². The molecular formula is C15H16N2O3S2. The van der Waals surface area contributed by atoms with Gasteiger partial charge in [-0.3, -0.25) is 9.59 Å². The Bertz CT molecular complexity index is 649. The van der Waals surface area contributed by atoms with Crippen LogP contribution in [0, 0.1) is 0 Å². The number of amides is 1. The van der Waals surface area contributed by atoms with Crippen LogP contribution in [0.1, 0.15) is 19.3 Å². The predicted molar refractivity (Wildman–Crippen MR) is 87.1 cm³/mol. The summed E-state index contributed by atoms with van der Waals surface area (Å²) in [5.41, 5.74) is 0.981. The van der Waals surface area contributed by atoms with Crippen LogP contribution in [0.4, 0.5) is 0 Å². The number of nitrogens with one attached hydrogen (secondary N) is 1. The van der Waals surface area contributed by atoms with Crippen LogP contribution < -0.4 is 5.32 Å². The maximum Gasteiger partial charge on any atom is 0.307 e. The molecule has 0 saturated heterocycles. The van der Waals surface area contributed by atoms with Crippen LogP contribution in [-0.2, 0) is 14.3 Å². The Morgan fingerprint density at radius 1 is 1.36 bits per heavy atom. The highest BCUT2D eigenvalue weighted by molar-refractivity contribution is 8.01. The van der Waals surface area contributed by atoms with E-state index in [1.54, 1.807) is 11.3 Å². The second-order valence-electron chi connectivity index (χ2n) is 5.05. The number of ether oxygens (including phenoxy) is 1. The molecular weight excluding hydrogens is 320 g/mol. The number of benzene rings is 1. The summed E-state index contributed by atoms with van der Waals surface area (Å²) in [6, 6.07) is 8.24. The molecule has 1 aromatic carbocycles. The van der Waals surface area contributed by atoms with Gasteiger partial charge in [0.05, 0.1) is 16.6 Å². The lowest BCUT2D eigenvalue weighted by molar-refractivity contribution is -0.148. The molecule has 22 heavy (non-hydrogen) atoms. The maximum atomic E-state index is 11.6. The summed E-state index contributed by atoms with van der Waals surface area (Å²) < 4.78 is 7.04. The molecule has 0 radical (unpaired) electrons. The lowest BCUT2D eigenvalue weighted by Gasteiger charge is -2.04. The first-order valence-electron chi connectivity index (χ1n) is 7.14. The molecule has 1 heterocycles. The van der Waals surface area contributed by atoms with Crippen LogP contribution in [-0.4, -0.2) is 35.3 Å². The molecule has 1 N–H and O–H groups in total. The highest BCUT2D eigenvalue weighted by Crippen LogP contribution is 2.29. The molecule has 1 amide bonds. The minimum Gasteiger partial charge on any atom is -0.456 e. The van der Waals surface area contributed by atoms with E-state index in [4.69, 9.17) is 4.74 Å². The Hall–Kier alpha value is -1.60. The highest BCUT2D eigenvalue weighted by atomic mass is 32.2. The third kappa shape index (κ3) is 4.45. The number of fused-ring (bicyclic) bond motifs is 1. The summed E-state index contributed by atoms with van der Waals surface area (Å²) in [5.74, 6) is 0.0392. The molecule has 5 nitrogen and oxygen atoms in total. The molecule has 7 heteroatoms. The molecule has 0 unspecified atom stereocenters. The summed E-state index contributed by atoms with van der Waals surface area (Å²) in [6.07, 6.45) is 2.33. The van der Waals surface area contributed by atoms with Crippen LogP contribution in [0.15, 0.2) is 28.6 Å². The van der Waals surface area contributed by atoms with Gasteiger partial charge in [0, 0.05) is 11.8 Å². The van der Waals surface area contributed by atoms with E-state index < -0.39 is 0 Å². The lowest BCUT2D eigenvalue weighted by Crippen LogP contribution is -2.30. The van der Waals surface area contributed by atoms with Gasteiger partial charge < -0.3 is 10.1 Å². The molecule has 1 aliphatic rings. The van der Waals surface area contributed by atoms with Gasteiger partial charge in [-0.25, -0.2) is 4.98 Å². The standard InChI is InChI=1S/C15H16N2O3S2/c18-13(16-10-5-6-10)9-20-14(19)7-8-21-15-17-11-3-1-2-4-12(11)22-15/h1-4,10H,5-9H2,(H,16,18). The van der Waals surface area contributed by atoms with Gasteiger partial charge in [0.15, 0.2) is 10.9 Å². The Kier molecular flexibility index (Phi) is 4.94. The van der Waals surface area contributed by atoms with Gasteiger partial charge in [-0.1, -0.05) is 23.9 Å². The van der Waals surface area contributed by atoms with Crippen molar-refractivity contribution in [1.29, 1.82) is 0 Å². The summed E-state index contributed by atoms with van der Waals surface area (Å²) in [6.45, 7) is -0.179. The van der Waals surface area contributed by atoms with Crippen molar-refractivity contribution in [1.82, 2.24) is 10.3 Å². The van der Waals surface area contributed by atoms with Crippen molar-refractivity contribution in [3.8, 4) is 0 Å². The molecule has 116 valence electrons. The van der Waals surface area contributed by atoms with Crippen LogP contribution >= 0.6 is 23.1 Å². The van der Waals surface area contributed by atoms with Gasteiger partial charge in [0.1, 0.15) is 0 Å². The van der Waals surface area contributed by atoms with E-state index in [0.717, 1.165) is 27.4 Å². The van der Waals surface area contributed by atoms with Crippen molar-refractivity contribution >= 4 is 45.2 Å². The monoisotopic (exact) mass is 336 g/mol. The minimum atomic E-state index is -0.348. The predicted octanol–water partition coefficient (Wildman–Crippen LogP) is 2.60. The summed E-state index contributed by atoms with van der Waals surface area (Å²) >= 11 is 3.15. The fourth-order valence-electron chi connectivity index (χ4n) is 1.85. The second-order valence-corrected chi connectivity index (χ2v) is 7.42. The molecule has 1 saturated carbocycles. The number of carbonyl (C=O) groups excluding carboxylic acids is 2. The maximum absolute atomic E-state index is 11.6. The normalized spacial score (nSPS) is 14.0. The van der Waals surface area contributed by atoms with E-state index in [0.29, 0.717) is 11.8 Å². The zero-order valence-corrected chi connectivity index (χ0v) is 13.5. The van der Waals surface area contributed by atoms with E-state index in [1.165, 1.54) is 11.8 Å². The van der Waals surface area contributed by atoms with Gasteiger partial charge in [0.25, 0.3) is 5.91 Å². The topological polar surface area (TPSA) is 68.3 Å². The van der Waals surface area contributed by atoms with Gasteiger partial charge >= 0.3 is 5.97 Å². The van der Waals surface area contributed by atoms with Gasteiger partial charge in [-0.05, 0) is 25.0 Å². The number of nitrogens with zero attached hydrogens (tertiary/aromatic N) is 1. The Balaban J connectivity index is 1.36. The highest BCUT2D eigenvalue weighted by Gasteiger charge is 2.23. The summed E-state index contributed by atoms with van der Waals surface area (Å²) in [4.78, 5) is 27.5. The van der Waals surface area contributed by atoms with Crippen molar-refractivity contribution < 1.29 is 14.3 Å². The summed E-state index contributed by atoms with van der Waals surface area (Å²) in [5, 5.41) is 2.78. The number of carbonyl (C=O) groups is 2. The number of esters is 1. The third-order valence-electron chi connectivity index (χ3n) is 3.11. The van der Waals surface area contributed by atoms with Crippen molar-refractivity contribution in [2.45, 2.75) is 29.6 Å².